The van der Waals surface area contributed by atoms with Gasteiger partial charge in [0.25, 0.3) is 0 Å². The molecule has 0 aromatic heterocycles. The van der Waals surface area contributed by atoms with Crippen molar-refractivity contribution in [1.29, 1.82) is 0 Å². The molecule has 0 unspecified atom stereocenters. The molecule has 3 saturated carbocycles. The maximum absolute atomic E-state index is 6.42. The summed E-state index contributed by atoms with van der Waals surface area (Å²) in [5, 5.41) is 0. The van der Waals surface area contributed by atoms with Crippen LogP contribution in [0.2, 0.25) is 0 Å². The summed E-state index contributed by atoms with van der Waals surface area (Å²) in [6.45, 7) is 12.6. The van der Waals surface area contributed by atoms with E-state index in [0.29, 0.717) is 16.9 Å². The minimum Gasteiger partial charge on any atom is -0.378 e. The van der Waals surface area contributed by atoms with Gasteiger partial charge in [-0.25, -0.2) is 0 Å². The van der Waals surface area contributed by atoms with Crippen molar-refractivity contribution in [2.24, 2.45) is 34.5 Å². The summed E-state index contributed by atoms with van der Waals surface area (Å²) in [6.07, 6.45) is 19.9. The molecular weight excluding hydrogens is 366 g/mol. The van der Waals surface area contributed by atoms with Crippen molar-refractivity contribution in [3.8, 4) is 0 Å². The number of fused-ring (bicyclic) bond motifs is 5. The highest BCUT2D eigenvalue weighted by molar-refractivity contribution is 5.25. The van der Waals surface area contributed by atoms with E-state index in [-0.39, 0.29) is 0 Å². The molecule has 0 aromatic carbocycles. The first-order valence-corrected chi connectivity index (χ1v) is 13.6. The van der Waals surface area contributed by atoms with Crippen LogP contribution in [0.25, 0.3) is 0 Å². The minimum atomic E-state index is 0.476. The van der Waals surface area contributed by atoms with Crippen LogP contribution in [-0.4, -0.2) is 37.2 Å². The summed E-state index contributed by atoms with van der Waals surface area (Å²) >= 11 is 0. The van der Waals surface area contributed by atoms with Gasteiger partial charge in [0.05, 0.1) is 6.10 Å². The second-order valence-electron chi connectivity index (χ2n) is 12.1. The van der Waals surface area contributed by atoms with Crippen LogP contribution in [0.3, 0.4) is 0 Å². The van der Waals surface area contributed by atoms with Crippen molar-refractivity contribution in [3.05, 3.63) is 11.6 Å². The topological polar surface area (TPSA) is 12.5 Å². The van der Waals surface area contributed by atoms with E-state index in [1.54, 1.807) is 5.57 Å². The SMILES string of the molecule is CC[C@H]1CC[C@H]2[C@@H]3CC=C4C[C@@H](OCCCN5CCCC5)CC[C@]4(C)[C@H]3CC[C@]12C. The molecule has 0 aromatic rings. The summed E-state index contributed by atoms with van der Waals surface area (Å²) in [5.74, 6) is 3.90. The predicted molar refractivity (Wildman–Crippen MR) is 126 cm³/mol. The lowest BCUT2D eigenvalue weighted by Crippen LogP contribution is -2.50. The third-order valence-corrected chi connectivity index (χ3v) is 10.9. The molecule has 2 nitrogen and oxygen atoms in total. The van der Waals surface area contributed by atoms with E-state index in [4.69, 9.17) is 4.74 Å². The lowest BCUT2D eigenvalue weighted by atomic mass is 9.47. The van der Waals surface area contributed by atoms with Gasteiger partial charge in [-0.15, -0.1) is 0 Å². The van der Waals surface area contributed by atoms with Gasteiger partial charge >= 0.3 is 0 Å². The minimum absolute atomic E-state index is 0.476. The third-order valence-electron chi connectivity index (χ3n) is 10.9. The molecule has 7 atom stereocenters. The molecule has 5 aliphatic rings. The van der Waals surface area contributed by atoms with Crippen LogP contribution in [-0.2, 0) is 4.74 Å². The maximum atomic E-state index is 6.42. The van der Waals surface area contributed by atoms with E-state index >= 15 is 0 Å². The fourth-order valence-electron chi connectivity index (χ4n) is 9.09. The van der Waals surface area contributed by atoms with Gasteiger partial charge in [0, 0.05) is 13.2 Å². The Bertz CT molecular complexity index is 637. The van der Waals surface area contributed by atoms with Gasteiger partial charge in [0.2, 0.25) is 0 Å². The summed E-state index contributed by atoms with van der Waals surface area (Å²) in [6, 6.07) is 0. The fourth-order valence-corrected chi connectivity index (χ4v) is 9.09. The van der Waals surface area contributed by atoms with Crippen LogP contribution in [0.15, 0.2) is 11.6 Å². The highest BCUT2D eigenvalue weighted by atomic mass is 16.5. The highest BCUT2D eigenvalue weighted by Crippen LogP contribution is 2.66. The number of rotatable bonds is 6. The van der Waals surface area contributed by atoms with Gasteiger partial charge in [-0.05, 0) is 118 Å². The Morgan fingerprint density at radius 2 is 1.87 bits per heavy atom. The zero-order valence-corrected chi connectivity index (χ0v) is 20.1. The Labute approximate surface area is 186 Å². The van der Waals surface area contributed by atoms with Crippen LogP contribution < -0.4 is 0 Å². The average Bonchev–Trinajstić information content (AvgIpc) is 3.38. The molecule has 1 aliphatic heterocycles. The second kappa shape index (κ2) is 8.54. The molecule has 2 heteroatoms. The lowest BCUT2D eigenvalue weighted by molar-refractivity contribution is -0.0585. The van der Waals surface area contributed by atoms with E-state index in [1.165, 1.54) is 96.7 Å². The molecule has 170 valence electrons. The quantitative estimate of drug-likeness (QED) is 0.349. The lowest BCUT2D eigenvalue weighted by Gasteiger charge is -2.58. The maximum Gasteiger partial charge on any atom is 0.0612 e. The van der Waals surface area contributed by atoms with Crippen LogP contribution in [0, 0.1) is 34.5 Å². The Morgan fingerprint density at radius 1 is 1.03 bits per heavy atom. The number of hydrogen-bond acceptors (Lipinski definition) is 2. The van der Waals surface area contributed by atoms with Gasteiger partial charge in [0.15, 0.2) is 0 Å². The van der Waals surface area contributed by atoms with E-state index in [1.807, 2.05) is 0 Å². The van der Waals surface area contributed by atoms with Crippen molar-refractivity contribution in [2.75, 3.05) is 26.2 Å². The molecule has 0 bridgehead atoms. The van der Waals surface area contributed by atoms with E-state index < -0.39 is 0 Å². The van der Waals surface area contributed by atoms with Crippen molar-refractivity contribution in [2.45, 2.75) is 104 Å². The highest BCUT2D eigenvalue weighted by Gasteiger charge is 2.58. The average molecular weight is 414 g/mol. The Hall–Kier alpha value is -0.340. The van der Waals surface area contributed by atoms with E-state index in [2.05, 4.69) is 31.7 Å². The molecule has 5 rings (SSSR count). The third kappa shape index (κ3) is 3.62. The Balaban J connectivity index is 1.19. The normalized spacial score (nSPS) is 46.2. The summed E-state index contributed by atoms with van der Waals surface area (Å²) in [5.41, 5.74) is 2.91. The first kappa shape index (κ1) is 21.5. The smallest absolute Gasteiger partial charge is 0.0612 e. The first-order valence-electron chi connectivity index (χ1n) is 13.6. The van der Waals surface area contributed by atoms with Crippen molar-refractivity contribution < 1.29 is 4.74 Å². The standard InChI is InChI=1S/C28H47NO/c1-4-21-9-11-25-24-10-8-22-20-23(30-19-7-18-29-16-5-6-17-29)12-14-28(22,3)26(24)13-15-27(21,25)2/h8,21,23-26H,4-7,9-20H2,1-3H3/t21-,23-,24-,25-,26-,27+,28-/m0/s1. The van der Waals surface area contributed by atoms with Crippen molar-refractivity contribution in [3.63, 3.8) is 0 Å². The van der Waals surface area contributed by atoms with Gasteiger partial charge in [-0.1, -0.05) is 38.8 Å². The van der Waals surface area contributed by atoms with E-state index in [0.717, 1.165) is 30.3 Å². The van der Waals surface area contributed by atoms with E-state index in [9.17, 15) is 0 Å². The molecule has 1 heterocycles. The van der Waals surface area contributed by atoms with Crippen LogP contribution in [0.5, 0.6) is 0 Å². The molecule has 0 amide bonds. The van der Waals surface area contributed by atoms with Gasteiger partial charge in [0.1, 0.15) is 0 Å². The van der Waals surface area contributed by atoms with Crippen molar-refractivity contribution >= 4 is 0 Å². The number of ether oxygens (including phenoxy) is 1. The number of allylic oxidation sites excluding steroid dienone is 1. The van der Waals surface area contributed by atoms with Crippen LogP contribution in [0.1, 0.15) is 97.8 Å². The summed E-state index contributed by atoms with van der Waals surface area (Å²) in [7, 11) is 0. The van der Waals surface area contributed by atoms with Gasteiger partial charge in [-0.3, -0.25) is 0 Å². The number of nitrogens with zero attached hydrogens (tertiary/aromatic N) is 1. The molecule has 0 spiro atoms. The zero-order valence-electron chi connectivity index (χ0n) is 20.1. The molecule has 4 aliphatic carbocycles. The van der Waals surface area contributed by atoms with Gasteiger partial charge < -0.3 is 9.64 Å². The zero-order chi connectivity index (χ0) is 20.8. The largest absolute Gasteiger partial charge is 0.378 e. The number of hydrogen-bond donors (Lipinski definition) is 0. The molecule has 30 heavy (non-hydrogen) atoms. The van der Waals surface area contributed by atoms with Crippen LogP contribution in [0.4, 0.5) is 0 Å². The molecule has 0 radical (unpaired) electrons. The molecule has 1 saturated heterocycles. The van der Waals surface area contributed by atoms with Crippen LogP contribution >= 0.6 is 0 Å². The second-order valence-corrected chi connectivity index (χ2v) is 12.1. The summed E-state index contributed by atoms with van der Waals surface area (Å²) in [4.78, 5) is 2.62. The van der Waals surface area contributed by atoms with Gasteiger partial charge in [-0.2, -0.15) is 0 Å². The Morgan fingerprint density at radius 3 is 2.67 bits per heavy atom. The van der Waals surface area contributed by atoms with Crippen molar-refractivity contribution in [1.82, 2.24) is 4.90 Å². The first-order chi connectivity index (χ1) is 14.5. The molecular formula is C28H47NO. The number of likely N-dealkylation sites (tertiary alicyclic amines) is 1. The predicted octanol–water partition coefficient (Wildman–Crippen LogP) is 6.85. The molecule has 4 fully saturated rings. The molecule has 0 N–H and O–H groups in total. The fraction of sp³-hybridized carbons (Fsp3) is 0.929. The Kier molecular flexibility index (Phi) is 6.12. The summed E-state index contributed by atoms with van der Waals surface area (Å²) < 4.78 is 6.42. The monoisotopic (exact) mass is 413 g/mol.